The number of halogens is 1. The number of H-pyrrole nitrogens is 1. The second kappa shape index (κ2) is 4.52. The third kappa shape index (κ3) is 2.68. The Morgan fingerprint density at radius 2 is 2.06 bits per heavy atom. The molecule has 8 heteroatoms. The zero-order valence-electron chi connectivity index (χ0n) is 8.31. The van der Waals surface area contributed by atoms with Gasteiger partial charge in [-0.1, -0.05) is 11.6 Å². The van der Waals surface area contributed by atoms with Crippen LogP contribution in [-0.2, 0) is 10.0 Å². The molecule has 0 fully saturated rings. The summed E-state index contributed by atoms with van der Waals surface area (Å²) in [5.74, 6) is 0. The van der Waals surface area contributed by atoms with E-state index >= 15 is 0 Å². The highest BCUT2D eigenvalue weighted by molar-refractivity contribution is 7.94. The number of sulfonamides is 1. The number of aromatic amines is 1. The number of nitrogens with one attached hydrogen (secondary N) is 2. The van der Waals surface area contributed by atoms with Crippen LogP contribution in [0.3, 0.4) is 0 Å². The lowest BCUT2D eigenvalue weighted by molar-refractivity contribution is 0.603. The van der Waals surface area contributed by atoms with Crippen LogP contribution in [0, 0.1) is 0 Å². The summed E-state index contributed by atoms with van der Waals surface area (Å²) in [6.07, 6.45) is 1.42. The number of pyridine rings is 1. The van der Waals surface area contributed by atoms with Gasteiger partial charge in [-0.25, -0.2) is 8.42 Å². The molecule has 0 aliphatic rings. The van der Waals surface area contributed by atoms with Crippen LogP contribution in [0.25, 0.3) is 0 Å². The van der Waals surface area contributed by atoms with Gasteiger partial charge >= 0.3 is 0 Å². The summed E-state index contributed by atoms with van der Waals surface area (Å²) in [7, 11) is -3.75. The van der Waals surface area contributed by atoms with Gasteiger partial charge in [0.15, 0.2) is 0 Å². The van der Waals surface area contributed by atoms with Crippen LogP contribution in [0.5, 0.6) is 0 Å². The van der Waals surface area contributed by atoms with Crippen molar-refractivity contribution in [3.05, 3.63) is 45.2 Å². The van der Waals surface area contributed by atoms with Gasteiger partial charge in [-0.15, -0.1) is 11.3 Å². The van der Waals surface area contributed by atoms with E-state index in [0.717, 1.165) is 11.3 Å². The Balaban J connectivity index is 2.37. The number of hydrogen-bond acceptors (Lipinski definition) is 4. The smallest absolute Gasteiger partial charge is 0.272 e. The minimum Gasteiger partial charge on any atom is -0.327 e. The van der Waals surface area contributed by atoms with Crippen molar-refractivity contribution in [3.63, 3.8) is 0 Å². The van der Waals surface area contributed by atoms with Gasteiger partial charge in [0, 0.05) is 6.20 Å². The molecule has 0 amide bonds. The third-order valence-electron chi connectivity index (χ3n) is 1.88. The first-order valence-corrected chi connectivity index (χ1v) is 7.13. The van der Waals surface area contributed by atoms with Crippen LogP contribution in [0.2, 0.25) is 4.34 Å². The summed E-state index contributed by atoms with van der Waals surface area (Å²) in [6.45, 7) is 0. The second-order valence-electron chi connectivity index (χ2n) is 3.08. The Labute approximate surface area is 106 Å². The maximum absolute atomic E-state index is 11.9. The maximum atomic E-state index is 11.9. The first-order chi connectivity index (χ1) is 7.99. The van der Waals surface area contributed by atoms with Crippen molar-refractivity contribution < 1.29 is 8.42 Å². The summed E-state index contributed by atoms with van der Waals surface area (Å²) in [4.78, 5) is 13.7. The first-order valence-electron chi connectivity index (χ1n) is 4.45. The van der Waals surface area contributed by atoms with Gasteiger partial charge in [-0.05, 0) is 24.3 Å². The van der Waals surface area contributed by atoms with Crippen molar-refractivity contribution in [2.75, 3.05) is 4.72 Å². The fourth-order valence-corrected chi connectivity index (χ4v) is 3.68. The zero-order valence-corrected chi connectivity index (χ0v) is 10.7. The quantitative estimate of drug-likeness (QED) is 0.906. The molecular weight excluding hydrogens is 284 g/mol. The lowest BCUT2D eigenvalue weighted by Gasteiger charge is -2.04. The summed E-state index contributed by atoms with van der Waals surface area (Å²) in [5, 5.41) is 0. The second-order valence-corrected chi connectivity index (χ2v) is 6.70. The Kier molecular flexibility index (Phi) is 3.23. The van der Waals surface area contributed by atoms with Crippen molar-refractivity contribution in [2.45, 2.75) is 4.21 Å². The van der Waals surface area contributed by atoms with Crippen molar-refractivity contribution in [1.29, 1.82) is 0 Å². The molecule has 2 N–H and O–H groups in total. The molecule has 2 aromatic rings. The molecule has 2 rings (SSSR count). The Hall–Kier alpha value is -1.31. The number of anilines is 1. The fraction of sp³-hybridized carbons (Fsp3) is 0. The minimum atomic E-state index is -3.75. The molecule has 2 aromatic heterocycles. The molecule has 0 aliphatic heterocycles. The Morgan fingerprint density at radius 1 is 1.29 bits per heavy atom. The minimum absolute atomic E-state index is 0.0305. The van der Waals surface area contributed by atoms with E-state index in [-0.39, 0.29) is 9.90 Å². The molecule has 0 spiro atoms. The third-order valence-corrected chi connectivity index (χ3v) is 4.96. The predicted octanol–water partition coefficient (Wildman–Crippen LogP) is 1.89. The molecule has 0 saturated carbocycles. The van der Waals surface area contributed by atoms with Crippen LogP contribution >= 0.6 is 22.9 Å². The molecule has 0 unspecified atom stereocenters. The van der Waals surface area contributed by atoms with E-state index in [0.29, 0.717) is 4.34 Å². The molecule has 0 atom stereocenters. The molecule has 0 aromatic carbocycles. The fourth-order valence-electron chi connectivity index (χ4n) is 1.14. The van der Waals surface area contributed by atoms with Crippen molar-refractivity contribution >= 4 is 38.6 Å². The predicted molar refractivity (Wildman–Crippen MR) is 67.2 cm³/mol. The lowest BCUT2D eigenvalue weighted by Crippen LogP contribution is -2.18. The van der Waals surface area contributed by atoms with E-state index < -0.39 is 15.6 Å². The highest BCUT2D eigenvalue weighted by Crippen LogP contribution is 2.26. The molecular formula is C9H7ClN2O3S2. The van der Waals surface area contributed by atoms with Gasteiger partial charge in [0.1, 0.15) is 9.90 Å². The van der Waals surface area contributed by atoms with Gasteiger partial charge in [0.25, 0.3) is 15.6 Å². The maximum Gasteiger partial charge on any atom is 0.272 e. The summed E-state index contributed by atoms with van der Waals surface area (Å²) in [6, 6.07) is 5.77. The van der Waals surface area contributed by atoms with Crippen molar-refractivity contribution in [3.8, 4) is 0 Å². The standard InChI is InChI=1S/C9H7ClN2O3S2/c10-7-3-4-8(16-7)17(14,15)12-6-2-1-5-11-9(6)13/h1-5,12H,(H,11,13). The van der Waals surface area contributed by atoms with E-state index in [1.54, 1.807) is 0 Å². The summed E-state index contributed by atoms with van der Waals surface area (Å²) in [5.41, 5.74) is -0.532. The number of thiophene rings is 1. The number of rotatable bonds is 3. The monoisotopic (exact) mass is 290 g/mol. The van der Waals surface area contributed by atoms with Crippen molar-refractivity contribution in [2.24, 2.45) is 0 Å². The molecule has 5 nitrogen and oxygen atoms in total. The molecule has 0 radical (unpaired) electrons. The van der Waals surface area contributed by atoms with Crippen molar-refractivity contribution in [1.82, 2.24) is 4.98 Å². The Morgan fingerprint density at radius 3 is 2.65 bits per heavy atom. The number of aromatic nitrogens is 1. The van der Waals surface area contributed by atoms with E-state index in [2.05, 4.69) is 9.71 Å². The van der Waals surface area contributed by atoms with Crippen LogP contribution in [0.1, 0.15) is 0 Å². The van der Waals surface area contributed by atoms with Gasteiger partial charge < -0.3 is 4.98 Å². The Bertz CT molecular complexity index is 690. The molecule has 17 heavy (non-hydrogen) atoms. The van der Waals surface area contributed by atoms with E-state index in [4.69, 9.17) is 11.6 Å². The summed E-state index contributed by atoms with van der Waals surface area (Å²) >= 11 is 6.58. The molecule has 0 aliphatic carbocycles. The van der Waals surface area contributed by atoms with Crippen LogP contribution in [0.15, 0.2) is 39.5 Å². The van der Waals surface area contributed by atoms with E-state index in [1.807, 2.05) is 0 Å². The summed E-state index contributed by atoms with van der Waals surface area (Å²) < 4.78 is 26.3. The van der Waals surface area contributed by atoms with Crippen LogP contribution in [0.4, 0.5) is 5.69 Å². The first kappa shape index (κ1) is 12.2. The SMILES string of the molecule is O=c1[nH]cccc1NS(=O)(=O)c1ccc(Cl)s1. The average molecular weight is 291 g/mol. The molecule has 2 heterocycles. The molecule has 0 bridgehead atoms. The highest BCUT2D eigenvalue weighted by Gasteiger charge is 2.17. The van der Waals surface area contributed by atoms with Gasteiger partial charge in [0.05, 0.1) is 4.34 Å². The number of hydrogen-bond donors (Lipinski definition) is 2. The molecule has 90 valence electrons. The largest absolute Gasteiger partial charge is 0.327 e. The van der Waals surface area contributed by atoms with Crippen LogP contribution < -0.4 is 10.3 Å². The van der Waals surface area contributed by atoms with E-state index in [1.165, 1.54) is 30.5 Å². The van der Waals surface area contributed by atoms with Gasteiger partial charge in [-0.2, -0.15) is 0 Å². The topological polar surface area (TPSA) is 79.0 Å². The average Bonchev–Trinajstić information content (AvgIpc) is 2.69. The van der Waals surface area contributed by atoms with Gasteiger partial charge in [0.2, 0.25) is 0 Å². The van der Waals surface area contributed by atoms with E-state index in [9.17, 15) is 13.2 Å². The lowest BCUT2D eigenvalue weighted by atomic mass is 10.4. The normalized spacial score (nSPS) is 11.4. The zero-order chi connectivity index (χ0) is 12.5. The van der Waals surface area contributed by atoms with Gasteiger partial charge in [-0.3, -0.25) is 9.52 Å². The molecule has 0 saturated heterocycles. The highest BCUT2D eigenvalue weighted by atomic mass is 35.5. The van der Waals surface area contributed by atoms with Crippen LogP contribution in [-0.4, -0.2) is 13.4 Å².